The molecule has 1 aromatic rings. The van der Waals surface area contributed by atoms with Gasteiger partial charge in [-0.05, 0) is 24.3 Å². The molecule has 2 atom stereocenters. The van der Waals surface area contributed by atoms with Gasteiger partial charge in [0.15, 0.2) is 0 Å². The van der Waals surface area contributed by atoms with E-state index in [1.165, 1.54) is 5.56 Å². The Hall–Kier alpha value is -1.43. The molecule has 25 heavy (non-hydrogen) atoms. The van der Waals surface area contributed by atoms with Gasteiger partial charge in [0, 0.05) is 0 Å². The summed E-state index contributed by atoms with van der Waals surface area (Å²) < 4.78 is 0. The van der Waals surface area contributed by atoms with E-state index in [0.29, 0.717) is 6.42 Å². The first-order chi connectivity index (χ1) is 11.4. The first-order valence-electron chi connectivity index (χ1n) is 8.21. The van der Waals surface area contributed by atoms with E-state index in [2.05, 4.69) is 16.9 Å². The van der Waals surface area contributed by atoms with Crippen molar-refractivity contribution >= 4 is 23.9 Å². The fourth-order valence-corrected chi connectivity index (χ4v) is 2.89. The van der Waals surface area contributed by atoms with Crippen LogP contribution in [0.15, 0.2) is 41.9 Å². The van der Waals surface area contributed by atoms with E-state index < -0.39 is 23.3 Å². The standard InChI is InChI=1S/C11H18N2O3.C8H8.Na/c1-4-6-7(3)11(5-2)8(14)12-10(16)13-9(11)15;1-2-8-6-4-3-5-7-8;/h7H,4-6H2,1-3H3,(H2,12,13,14,15,16);2-7H,1H2;/q;;+1/p-1. The van der Waals surface area contributed by atoms with Crippen molar-refractivity contribution in [3.63, 3.8) is 0 Å². The molecule has 0 spiro atoms. The van der Waals surface area contributed by atoms with Gasteiger partial charge >= 0.3 is 29.6 Å². The second-order valence-corrected chi connectivity index (χ2v) is 5.81. The van der Waals surface area contributed by atoms with Gasteiger partial charge in [-0.1, -0.05) is 70.2 Å². The van der Waals surface area contributed by atoms with E-state index in [4.69, 9.17) is 0 Å². The van der Waals surface area contributed by atoms with Crippen LogP contribution in [-0.4, -0.2) is 17.8 Å². The minimum atomic E-state index is -1.15. The number of carbonyl (C=O) groups excluding carboxylic acids is 2. The molecule has 2 rings (SSSR count). The van der Waals surface area contributed by atoms with Crippen molar-refractivity contribution in [2.45, 2.75) is 40.0 Å². The van der Waals surface area contributed by atoms with Crippen molar-refractivity contribution in [1.29, 1.82) is 0 Å². The molecule has 2 unspecified atom stereocenters. The van der Waals surface area contributed by atoms with Crippen molar-refractivity contribution < 1.29 is 44.3 Å². The molecule has 1 N–H and O–H groups in total. The molecule has 1 heterocycles. The topological polar surface area (TPSA) is 81.6 Å². The Morgan fingerprint density at radius 2 is 1.88 bits per heavy atom. The number of benzene rings is 1. The number of amides is 2. The number of hydrogen-bond acceptors (Lipinski definition) is 3. The first kappa shape index (κ1) is 23.6. The fraction of sp³-hybridized carbons (Fsp3) is 0.421. The van der Waals surface area contributed by atoms with Gasteiger partial charge in [-0.3, -0.25) is 9.59 Å². The van der Waals surface area contributed by atoms with E-state index >= 15 is 0 Å². The van der Waals surface area contributed by atoms with Crippen LogP contribution in [0.2, 0.25) is 0 Å². The summed E-state index contributed by atoms with van der Waals surface area (Å²) in [7, 11) is 0. The molecule has 0 fully saturated rings. The zero-order valence-corrected chi connectivity index (χ0v) is 17.5. The molecule has 1 aliphatic heterocycles. The molecule has 6 heteroatoms. The van der Waals surface area contributed by atoms with Crippen molar-refractivity contribution in [2.24, 2.45) is 16.3 Å². The third-order valence-electron chi connectivity index (χ3n) is 4.37. The van der Waals surface area contributed by atoms with Crippen LogP contribution in [0.25, 0.3) is 6.08 Å². The zero-order chi connectivity index (χ0) is 18.2. The van der Waals surface area contributed by atoms with Gasteiger partial charge in [0.25, 0.3) is 5.91 Å². The Labute approximate surface area is 171 Å². The fourth-order valence-electron chi connectivity index (χ4n) is 2.89. The van der Waals surface area contributed by atoms with Crippen LogP contribution >= 0.6 is 0 Å². The minimum absolute atomic E-state index is 0. The van der Waals surface area contributed by atoms with Crippen LogP contribution in [0.1, 0.15) is 45.6 Å². The summed E-state index contributed by atoms with van der Waals surface area (Å²) in [5.41, 5.74) is 0.0247. The zero-order valence-electron chi connectivity index (χ0n) is 15.5. The van der Waals surface area contributed by atoms with Gasteiger partial charge in [0.2, 0.25) is 5.91 Å². The molecule has 0 saturated heterocycles. The van der Waals surface area contributed by atoms with Gasteiger partial charge in [-0.2, -0.15) is 0 Å². The van der Waals surface area contributed by atoms with Crippen molar-refractivity contribution in [2.75, 3.05) is 0 Å². The van der Waals surface area contributed by atoms with Crippen LogP contribution in [-0.2, 0) is 9.59 Å². The Morgan fingerprint density at radius 1 is 1.28 bits per heavy atom. The Morgan fingerprint density at radius 3 is 2.28 bits per heavy atom. The second kappa shape index (κ2) is 11.2. The predicted molar refractivity (Wildman–Crippen MR) is 93.9 cm³/mol. The number of hydrogen-bond donors (Lipinski definition) is 1. The number of aliphatic imine (C=N–C) groups is 1. The monoisotopic (exact) mass is 352 g/mol. The maximum atomic E-state index is 11.9. The largest absolute Gasteiger partial charge is 1.00 e. The molecule has 1 aromatic carbocycles. The Bertz CT molecular complexity index is 616. The quantitative estimate of drug-likeness (QED) is 0.574. The van der Waals surface area contributed by atoms with Crippen molar-refractivity contribution in [3.05, 3.63) is 42.5 Å². The van der Waals surface area contributed by atoms with E-state index in [-0.39, 0.29) is 35.5 Å². The van der Waals surface area contributed by atoms with Gasteiger partial charge in [0.05, 0.1) is 6.02 Å². The summed E-state index contributed by atoms with van der Waals surface area (Å²) >= 11 is 0. The van der Waals surface area contributed by atoms with Crippen LogP contribution < -0.4 is 40.0 Å². The van der Waals surface area contributed by atoms with Crippen molar-refractivity contribution in [3.8, 4) is 0 Å². The summed E-state index contributed by atoms with van der Waals surface area (Å²) in [5.74, 6) is -1.20. The third kappa shape index (κ3) is 5.80. The molecule has 1 aliphatic rings. The van der Waals surface area contributed by atoms with Gasteiger partial charge < -0.3 is 10.4 Å². The summed E-state index contributed by atoms with van der Waals surface area (Å²) in [6, 6.07) is 9.18. The summed E-state index contributed by atoms with van der Waals surface area (Å²) in [6.07, 6.45) is 3.85. The number of carbonyl (C=O) groups is 2. The molecule has 2 amide bonds. The van der Waals surface area contributed by atoms with Crippen LogP contribution in [0.5, 0.6) is 0 Å². The number of nitrogens with zero attached hydrogens (tertiary/aromatic N) is 1. The molecule has 0 aliphatic carbocycles. The second-order valence-electron chi connectivity index (χ2n) is 5.81. The average molecular weight is 352 g/mol. The molecular weight excluding hydrogens is 327 g/mol. The van der Waals surface area contributed by atoms with E-state index in [9.17, 15) is 14.7 Å². The summed E-state index contributed by atoms with van der Waals surface area (Å²) in [6.45, 7) is 9.25. The molecule has 0 aromatic heterocycles. The van der Waals surface area contributed by atoms with Crippen molar-refractivity contribution in [1.82, 2.24) is 5.32 Å². The molecule has 130 valence electrons. The normalized spacial score (nSPS) is 20.2. The van der Waals surface area contributed by atoms with Gasteiger partial charge in [-0.15, -0.1) is 0 Å². The molecule has 0 bridgehead atoms. The Kier molecular flexibility index (Phi) is 10.6. The van der Waals surface area contributed by atoms with E-state index in [0.717, 1.165) is 12.8 Å². The number of rotatable bonds is 5. The third-order valence-corrected chi connectivity index (χ3v) is 4.37. The maximum absolute atomic E-state index is 11.9. The summed E-state index contributed by atoms with van der Waals surface area (Å²) in [5, 5.41) is 13.1. The smallest absolute Gasteiger partial charge is 0.846 e. The van der Waals surface area contributed by atoms with Gasteiger partial charge in [-0.25, -0.2) is 4.99 Å². The molecule has 5 nitrogen and oxygen atoms in total. The molecule has 0 radical (unpaired) electrons. The minimum Gasteiger partial charge on any atom is -0.846 e. The number of nitrogens with one attached hydrogen (secondary N) is 1. The van der Waals surface area contributed by atoms with Crippen LogP contribution in [0.3, 0.4) is 0 Å². The molecule has 0 saturated carbocycles. The summed E-state index contributed by atoms with van der Waals surface area (Å²) in [4.78, 5) is 27.1. The predicted octanol–water partition coefficient (Wildman–Crippen LogP) is -0.475. The maximum Gasteiger partial charge on any atom is 1.00 e. The van der Waals surface area contributed by atoms with E-state index in [1.54, 1.807) is 6.92 Å². The Balaban J connectivity index is 0.000000540. The van der Waals surface area contributed by atoms with E-state index in [1.807, 2.05) is 50.3 Å². The SMILES string of the molecule is C=Cc1ccccc1.CCCC(C)C1(CC)C(=O)N=C([O-])NC1=O.[Na+]. The number of amidine groups is 1. The average Bonchev–Trinajstić information content (AvgIpc) is 2.56. The first-order valence-corrected chi connectivity index (χ1v) is 8.21. The van der Waals surface area contributed by atoms with Gasteiger partial charge in [0.1, 0.15) is 5.41 Å². The molecular formula is C19H25N2NaO3. The van der Waals surface area contributed by atoms with Crippen LogP contribution in [0, 0.1) is 11.3 Å². The van der Waals surface area contributed by atoms with Crippen LogP contribution in [0.4, 0.5) is 0 Å².